The zero-order valence-corrected chi connectivity index (χ0v) is 17.7. The average Bonchev–Trinajstić information content (AvgIpc) is 3.30. The number of hydrogen-bond acceptors (Lipinski definition) is 3. The summed E-state index contributed by atoms with van der Waals surface area (Å²) < 4.78 is 2.02. The van der Waals surface area contributed by atoms with Crippen molar-refractivity contribution in [3.63, 3.8) is 0 Å². The lowest BCUT2D eigenvalue weighted by atomic mass is 10.1. The molecule has 1 aliphatic rings. The number of imidazole rings is 1. The summed E-state index contributed by atoms with van der Waals surface area (Å²) in [4.78, 5) is 16.9. The van der Waals surface area contributed by atoms with Crippen molar-refractivity contribution in [2.24, 2.45) is 5.73 Å². The SMILES string of the molecule is Cl.Cl.N[C@@H](Cc1cn(Cc2ccccc2)cn1)C(=O)NC1CCc2ccccc21. The highest BCUT2D eigenvalue weighted by Crippen LogP contribution is 2.30. The fourth-order valence-electron chi connectivity index (χ4n) is 3.70. The van der Waals surface area contributed by atoms with E-state index in [1.807, 2.05) is 41.1 Å². The molecule has 3 N–H and O–H groups in total. The third kappa shape index (κ3) is 5.60. The smallest absolute Gasteiger partial charge is 0.237 e. The molecule has 0 radical (unpaired) electrons. The molecule has 1 amide bonds. The van der Waals surface area contributed by atoms with Gasteiger partial charge in [-0.25, -0.2) is 4.98 Å². The monoisotopic (exact) mass is 432 g/mol. The van der Waals surface area contributed by atoms with E-state index in [1.54, 1.807) is 6.33 Å². The van der Waals surface area contributed by atoms with Crippen molar-refractivity contribution in [1.29, 1.82) is 0 Å². The normalized spacial score (nSPS) is 15.6. The first-order valence-corrected chi connectivity index (χ1v) is 9.37. The maximum absolute atomic E-state index is 12.5. The Hall–Kier alpha value is -2.34. The van der Waals surface area contributed by atoms with Gasteiger partial charge in [0.1, 0.15) is 0 Å². The van der Waals surface area contributed by atoms with Crippen molar-refractivity contribution in [1.82, 2.24) is 14.9 Å². The highest BCUT2D eigenvalue weighted by Gasteiger charge is 2.25. The number of halogens is 2. The van der Waals surface area contributed by atoms with Gasteiger partial charge in [0.15, 0.2) is 0 Å². The molecule has 1 aromatic heterocycles. The fraction of sp³-hybridized carbons (Fsp3) is 0.273. The van der Waals surface area contributed by atoms with Crippen molar-refractivity contribution in [2.45, 2.75) is 37.9 Å². The third-order valence-electron chi connectivity index (χ3n) is 5.11. The van der Waals surface area contributed by atoms with Gasteiger partial charge < -0.3 is 15.6 Å². The Morgan fingerprint density at radius 1 is 1.14 bits per heavy atom. The van der Waals surface area contributed by atoms with Crippen molar-refractivity contribution in [3.8, 4) is 0 Å². The van der Waals surface area contributed by atoms with E-state index in [2.05, 4.69) is 34.6 Å². The Morgan fingerprint density at radius 3 is 2.66 bits per heavy atom. The van der Waals surface area contributed by atoms with Crippen LogP contribution in [-0.4, -0.2) is 21.5 Å². The highest BCUT2D eigenvalue weighted by atomic mass is 35.5. The van der Waals surface area contributed by atoms with Crippen LogP contribution in [0.3, 0.4) is 0 Å². The fourth-order valence-corrected chi connectivity index (χ4v) is 3.70. The minimum absolute atomic E-state index is 0. The second-order valence-electron chi connectivity index (χ2n) is 7.13. The predicted molar refractivity (Wildman–Crippen MR) is 120 cm³/mol. The second-order valence-corrected chi connectivity index (χ2v) is 7.13. The molecule has 2 aromatic carbocycles. The molecule has 0 saturated heterocycles. The summed E-state index contributed by atoms with van der Waals surface area (Å²) in [5, 5.41) is 3.10. The van der Waals surface area contributed by atoms with Crippen LogP contribution in [-0.2, 0) is 24.2 Å². The standard InChI is InChI=1S/C22H24N4O.2ClH/c23-20(22(27)25-21-11-10-17-8-4-5-9-19(17)21)12-18-14-26(15-24-18)13-16-6-2-1-3-7-16;;/h1-9,14-15,20-21H,10-13,23H2,(H,25,27);2*1H/t20-,21?;;/m0../s1. The summed E-state index contributed by atoms with van der Waals surface area (Å²) in [6.07, 6.45) is 6.12. The van der Waals surface area contributed by atoms with Crippen LogP contribution in [0.15, 0.2) is 67.1 Å². The molecule has 2 atom stereocenters. The van der Waals surface area contributed by atoms with E-state index in [0.29, 0.717) is 6.42 Å². The molecular weight excluding hydrogens is 407 g/mol. The number of rotatable bonds is 6. The summed E-state index contributed by atoms with van der Waals surface area (Å²) in [5.41, 5.74) is 10.7. The largest absolute Gasteiger partial charge is 0.348 e. The molecule has 154 valence electrons. The van der Waals surface area contributed by atoms with Crippen molar-refractivity contribution in [3.05, 3.63) is 89.5 Å². The molecule has 1 aliphatic carbocycles. The molecule has 4 rings (SSSR count). The molecule has 0 aliphatic heterocycles. The number of amides is 1. The van der Waals surface area contributed by atoms with E-state index in [9.17, 15) is 4.79 Å². The number of hydrogen-bond donors (Lipinski definition) is 2. The van der Waals surface area contributed by atoms with Gasteiger partial charge in [0, 0.05) is 19.2 Å². The Kier molecular flexibility index (Phi) is 8.26. The number of carbonyl (C=O) groups is 1. The average molecular weight is 433 g/mol. The predicted octanol–water partition coefficient (Wildman–Crippen LogP) is 3.45. The van der Waals surface area contributed by atoms with Gasteiger partial charge in [0.25, 0.3) is 0 Å². The Labute approximate surface area is 183 Å². The van der Waals surface area contributed by atoms with Crippen LogP contribution < -0.4 is 11.1 Å². The Balaban J connectivity index is 0.00000150. The van der Waals surface area contributed by atoms with Crippen molar-refractivity contribution < 1.29 is 4.79 Å². The van der Waals surface area contributed by atoms with E-state index in [-0.39, 0.29) is 36.8 Å². The molecule has 5 nitrogen and oxygen atoms in total. The zero-order chi connectivity index (χ0) is 18.6. The van der Waals surface area contributed by atoms with Gasteiger partial charge in [0.2, 0.25) is 5.91 Å². The number of benzene rings is 2. The molecule has 1 heterocycles. The van der Waals surface area contributed by atoms with Crippen LogP contribution >= 0.6 is 24.8 Å². The molecule has 3 aromatic rings. The molecule has 0 fully saturated rings. The van der Waals surface area contributed by atoms with Crippen molar-refractivity contribution in [2.75, 3.05) is 0 Å². The van der Waals surface area contributed by atoms with E-state index in [0.717, 1.165) is 25.1 Å². The van der Waals surface area contributed by atoms with Gasteiger partial charge in [-0.05, 0) is 29.5 Å². The van der Waals surface area contributed by atoms with Gasteiger partial charge >= 0.3 is 0 Å². The van der Waals surface area contributed by atoms with Crippen LogP contribution in [0.4, 0.5) is 0 Å². The molecule has 1 unspecified atom stereocenters. The lowest BCUT2D eigenvalue weighted by Gasteiger charge is -2.17. The lowest BCUT2D eigenvalue weighted by molar-refractivity contribution is -0.123. The molecule has 29 heavy (non-hydrogen) atoms. The summed E-state index contributed by atoms with van der Waals surface area (Å²) in [6, 6.07) is 17.9. The maximum atomic E-state index is 12.5. The summed E-state index contributed by atoms with van der Waals surface area (Å²) >= 11 is 0. The Morgan fingerprint density at radius 2 is 1.86 bits per heavy atom. The van der Waals surface area contributed by atoms with Gasteiger partial charge in [0.05, 0.1) is 24.1 Å². The molecule has 0 spiro atoms. The van der Waals surface area contributed by atoms with Crippen LogP contribution in [0.25, 0.3) is 0 Å². The van der Waals surface area contributed by atoms with E-state index in [4.69, 9.17) is 5.73 Å². The maximum Gasteiger partial charge on any atom is 0.237 e. The molecule has 7 heteroatoms. The van der Waals surface area contributed by atoms with E-state index in [1.165, 1.54) is 16.7 Å². The first kappa shape index (κ1) is 22.9. The van der Waals surface area contributed by atoms with Gasteiger partial charge in [-0.3, -0.25) is 4.79 Å². The summed E-state index contributed by atoms with van der Waals surface area (Å²) in [5.74, 6) is -0.116. The number of aromatic nitrogens is 2. The van der Waals surface area contributed by atoms with Crippen LogP contribution in [0.1, 0.15) is 34.8 Å². The number of carbonyl (C=O) groups excluding carboxylic acids is 1. The molecule has 0 saturated carbocycles. The van der Waals surface area contributed by atoms with Crippen LogP contribution in [0.2, 0.25) is 0 Å². The first-order chi connectivity index (χ1) is 13.2. The minimum atomic E-state index is -0.599. The molecular formula is C22H26Cl2N4O. The molecule has 0 bridgehead atoms. The topological polar surface area (TPSA) is 72.9 Å². The Bertz CT molecular complexity index is 929. The van der Waals surface area contributed by atoms with E-state index < -0.39 is 6.04 Å². The van der Waals surface area contributed by atoms with Crippen LogP contribution in [0, 0.1) is 0 Å². The summed E-state index contributed by atoms with van der Waals surface area (Å²) in [6.45, 7) is 0.758. The number of fused-ring (bicyclic) bond motifs is 1. The van der Waals surface area contributed by atoms with Crippen LogP contribution in [0.5, 0.6) is 0 Å². The van der Waals surface area contributed by atoms with Gasteiger partial charge in [-0.15, -0.1) is 24.8 Å². The summed E-state index contributed by atoms with van der Waals surface area (Å²) in [7, 11) is 0. The second kappa shape index (κ2) is 10.4. The number of nitrogens with one attached hydrogen (secondary N) is 1. The highest BCUT2D eigenvalue weighted by molar-refractivity contribution is 5.85. The zero-order valence-electron chi connectivity index (χ0n) is 16.0. The third-order valence-corrected chi connectivity index (χ3v) is 5.11. The number of nitrogens with two attached hydrogens (primary N) is 1. The number of nitrogens with zero attached hydrogens (tertiary/aromatic N) is 2. The first-order valence-electron chi connectivity index (χ1n) is 9.37. The van der Waals surface area contributed by atoms with E-state index >= 15 is 0 Å². The van der Waals surface area contributed by atoms with Gasteiger partial charge in [-0.1, -0.05) is 54.6 Å². The van der Waals surface area contributed by atoms with Gasteiger partial charge in [-0.2, -0.15) is 0 Å². The number of aryl methyl sites for hydroxylation is 1. The van der Waals surface area contributed by atoms with Crippen molar-refractivity contribution >= 4 is 30.7 Å². The lowest BCUT2D eigenvalue weighted by Crippen LogP contribution is -2.43. The minimum Gasteiger partial charge on any atom is -0.348 e. The quantitative estimate of drug-likeness (QED) is 0.626.